The Balaban J connectivity index is 0.00000182. The van der Waals surface area contributed by atoms with Crippen LogP contribution in [0.3, 0.4) is 0 Å². The van der Waals surface area contributed by atoms with Crippen molar-refractivity contribution in [1.82, 2.24) is 9.88 Å². The van der Waals surface area contributed by atoms with Crippen molar-refractivity contribution in [1.29, 1.82) is 0 Å². The molecule has 1 unspecified atom stereocenters. The van der Waals surface area contributed by atoms with Gasteiger partial charge in [0.1, 0.15) is 6.04 Å². The SMILES string of the molecule is NC(C(=O)N1CCc2c([nH]c3ccc(Cl)cc23)C1)c1ccccc1.[Cl-]. The maximum Gasteiger partial charge on any atom is 0.244 e. The second-order valence-electron chi connectivity index (χ2n) is 6.17. The second-order valence-corrected chi connectivity index (χ2v) is 6.61. The molecule has 0 aliphatic carbocycles. The monoisotopic (exact) mass is 374 g/mol. The molecule has 4 nitrogen and oxygen atoms in total. The van der Waals surface area contributed by atoms with Crippen LogP contribution in [0.1, 0.15) is 22.9 Å². The molecule has 0 bridgehead atoms. The lowest BCUT2D eigenvalue weighted by Gasteiger charge is -2.29. The number of nitrogens with two attached hydrogens (primary N) is 1. The number of carbonyl (C=O) groups is 1. The van der Waals surface area contributed by atoms with Gasteiger partial charge >= 0.3 is 0 Å². The topological polar surface area (TPSA) is 62.1 Å². The van der Waals surface area contributed by atoms with E-state index in [4.69, 9.17) is 17.3 Å². The number of halogens is 2. The molecule has 25 heavy (non-hydrogen) atoms. The van der Waals surface area contributed by atoms with Crippen molar-refractivity contribution in [3.8, 4) is 0 Å². The molecule has 1 aliphatic rings. The van der Waals surface area contributed by atoms with Gasteiger partial charge in [0.25, 0.3) is 0 Å². The van der Waals surface area contributed by atoms with Crippen molar-refractivity contribution >= 4 is 28.4 Å². The van der Waals surface area contributed by atoms with E-state index in [1.807, 2.05) is 53.4 Å². The molecular formula is C19H18Cl2N3O-. The van der Waals surface area contributed by atoms with Crippen molar-refractivity contribution in [3.05, 3.63) is 70.4 Å². The van der Waals surface area contributed by atoms with E-state index in [0.29, 0.717) is 13.1 Å². The van der Waals surface area contributed by atoms with Gasteiger partial charge in [-0.25, -0.2) is 0 Å². The minimum atomic E-state index is -0.619. The van der Waals surface area contributed by atoms with Crippen molar-refractivity contribution in [2.24, 2.45) is 5.73 Å². The number of fused-ring (bicyclic) bond motifs is 3. The number of carbonyl (C=O) groups excluding carboxylic acids is 1. The zero-order valence-electron chi connectivity index (χ0n) is 13.5. The fourth-order valence-corrected chi connectivity index (χ4v) is 3.57. The Morgan fingerprint density at radius 3 is 2.72 bits per heavy atom. The molecule has 3 N–H and O–H groups in total. The summed E-state index contributed by atoms with van der Waals surface area (Å²) >= 11 is 6.11. The van der Waals surface area contributed by atoms with Crippen LogP contribution in [0, 0.1) is 0 Å². The molecule has 1 atom stereocenters. The molecule has 0 radical (unpaired) electrons. The number of rotatable bonds is 2. The van der Waals surface area contributed by atoms with Crippen LogP contribution in [-0.2, 0) is 17.8 Å². The molecule has 0 saturated heterocycles. The van der Waals surface area contributed by atoms with Gasteiger partial charge in [0.2, 0.25) is 5.91 Å². The van der Waals surface area contributed by atoms with Crippen molar-refractivity contribution < 1.29 is 17.2 Å². The second kappa shape index (κ2) is 7.08. The first kappa shape index (κ1) is 17.8. The summed E-state index contributed by atoms with van der Waals surface area (Å²) in [6.45, 7) is 1.23. The molecule has 0 fully saturated rings. The number of amides is 1. The van der Waals surface area contributed by atoms with Crippen molar-refractivity contribution in [3.63, 3.8) is 0 Å². The maximum absolute atomic E-state index is 12.7. The molecule has 130 valence electrons. The van der Waals surface area contributed by atoms with Gasteiger partial charge in [0, 0.05) is 28.2 Å². The Morgan fingerprint density at radius 1 is 1.20 bits per heavy atom. The molecule has 0 saturated carbocycles. The number of benzene rings is 2. The van der Waals surface area contributed by atoms with Gasteiger partial charge in [0.15, 0.2) is 0 Å². The first-order chi connectivity index (χ1) is 11.6. The number of H-pyrrole nitrogens is 1. The average molecular weight is 375 g/mol. The van der Waals surface area contributed by atoms with Crippen LogP contribution in [0.4, 0.5) is 0 Å². The summed E-state index contributed by atoms with van der Waals surface area (Å²) in [5.74, 6) is -0.0384. The maximum atomic E-state index is 12.7. The zero-order chi connectivity index (χ0) is 16.7. The molecule has 1 amide bonds. The Hall–Kier alpha value is -2.01. The molecule has 3 aromatic rings. The molecule has 0 spiro atoms. The summed E-state index contributed by atoms with van der Waals surface area (Å²) in [5.41, 5.74) is 10.4. The van der Waals surface area contributed by atoms with Gasteiger partial charge in [0.05, 0.1) is 6.54 Å². The number of aromatic amines is 1. The van der Waals surface area contributed by atoms with Crippen LogP contribution in [0.15, 0.2) is 48.5 Å². The van der Waals surface area contributed by atoms with E-state index in [1.54, 1.807) is 0 Å². The van der Waals surface area contributed by atoms with E-state index in [9.17, 15) is 4.79 Å². The van der Waals surface area contributed by atoms with Crippen LogP contribution in [-0.4, -0.2) is 22.3 Å². The van der Waals surface area contributed by atoms with Crippen LogP contribution >= 0.6 is 11.6 Å². The van der Waals surface area contributed by atoms with E-state index >= 15 is 0 Å². The normalized spacial score (nSPS) is 14.7. The summed E-state index contributed by atoms with van der Waals surface area (Å²) < 4.78 is 0. The molecule has 1 aliphatic heterocycles. The lowest BCUT2D eigenvalue weighted by molar-refractivity contribution is -0.133. The summed E-state index contributed by atoms with van der Waals surface area (Å²) in [6.07, 6.45) is 0.808. The molecule has 2 heterocycles. The Bertz CT molecular complexity index is 908. The van der Waals surface area contributed by atoms with Gasteiger partial charge < -0.3 is 28.0 Å². The van der Waals surface area contributed by atoms with E-state index in [2.05, 4.69) is 4.98 Å². The van der Waals surface area contributed by atoms with E-state index in [1.165, 1.54) is 5.56 Å². The number of nitrogens with zero attached hydrogens (tertiary/aromatic N) is 1. The van der Waals surface area contributed by atoms with E-state index < -0.39 is 6.04 Å². The minimum Gasteiger partial charge on any atom is -1.00 e. The fraction of sp³-hybridized carbons (Fsp3) is 0.211. The lowest BCUT2D eigenvalue weighted by atomic mass is 10.0. The highest BCUT2D eigenvalue weighted by Crippen LogP contribution is 2.30. The van der Waals surface area contributed by atoms with Crippen LogP contribution in [0.5, 0.6) is 0 Å². The standard InChI is InChI=1S/C19H18ClN3O.ClH/c20-13-6-7-16-15(10-13)14-8-9-23(11-17(14)22-16)19(24)18(21)12-4-2-1-3-5-12;/h1-7,10,18,22H,8-9,11,21H2;1H/p-1. The van der Waals surface area contributed by atoms with Crippen LogP contribution in [0.2, 0.25) is 5.02 Å². The van der Waals surface area contributed by atoms with Gasteiger partial charge in [-0.3, -0.25) is 4.79 Å². The first-order valence-corrected chi connectivity index (χ1v) is 8.39. The fourth-order valence-electron chi connectivity index (χ4n) is 3.40. The van der Waals surface area contributed by atoms with E-state index in [0.717, 1.165) is 33.6 Å². The predicted octanol–water partition coefficient (Wildman–Crippen LogP) is 0.410. The third-order valence-electron chi connectivity index (χ3n) is 4.67. The van der Waals surface area contributed by atoms with E-state index in [-0.39, 0.29) is 18.3 Å². The molecule has 2 aromatic carbocycles. The lowest BCUT2D eigenvalue weighted by Crippen LogP contribution is -3.00. The number of aromatic nitrogens is 1. The number of hydrogen-bond donors (Lipinski definition) is 2. The Morgan fingerprint density at radius 2 is 1.96 bits per heavy atom. The highest BCUT2D eigenvalue weighted by atomic mass is 35.5. The summed E-state index contributed by atoms with van der Waals surface area (Å²) in [5, 5.41) is 1.88. The summed E-state index contributed by atoms with van der Waals surface area (Å²) in [6, 6.07) is 14.7. The van der Waals surface area contributed by atoms with Gasteiger partial charge in [-0.1, -0.05) is 41.9 Å². The van der Waals surface area contributed by atoms with Crippen molar-refractivity contribution in [2.75, 3.05) is 6.54 Å². The van der Waals surface area contributed by atoms with Gasteiger partial charge in [-0.15, -0.1) is 0 Å². The molecular weight excluding hydrogens is 357 g/mol. The minimum absolute atomic E-state index is 0. The van der Waals surface area contributed by atoms with Crippen LogP contribution in [0.25, 0.3) is 10.9 Å². The molecule has 4 rings (SSSR count). The quantitative estimate of drug-likeness (QED) is 0.682. The largest absolute Gasteiger partial charge is 1.00 e. The Labute approximate surface area is 157 Å². The van der Waals surface area contributed by atoms with Gasteiger partial charge in [-0.05, 0) is 35.7 Å². The predicted molar refractivity (Wildman–Crippen MR) is 95.8 cm³/mol. The van der Waals surface area contributed by atoms with Crippen molar-refractivity contribution in [2.45, 2.75) is 19.0 Å². The summed E-state index contributed by atoms with van der Waals surface area (Å²) in [4.78, 5) is 18.0. The molecule has 1 aromatic heterocycles. The smallest absolute Gasteiger partial charge is 0.244 e. The highest BCUT2D eigenvalue weighted by Gasteiger charge is 2.27. The third-order valence-corrected chi connectivity index (χ3v) is 4.91. The summed E-state index contributed by atoms with van der Waals surface area (Å²) in [7, 11) is 0. The number of nitrogens with one attached hydrogen (secondary N) is 1. The van der Waals surface area contributed by atoms with Gasteiger partial charge in [-0.2, -0.15) is 0 Å². The zero-order valence-corrected chi connectivity index (χ0v) is 15.0. The Kier molecular flexibility index (Phi) is 5.04. The average Bonchev–Trinajstić information content (AvgIpc) is 2.98. The first-order valence-electron chi connectivity index (χ1n) is 8.02. The molecule has 6 heteroatoms. The highest BCUT2D eigenvalue weighted by molar-refractivity contribution is 6.31. The third kappa shape index (κ3) is 3.25. The number of hydrogen-bond acceptors (Lipinski definition) is 2. The van der Waals surface area contributed by atoms with Crippen LogP contribution < -0.4 is 18.1 Å².